The van der Waals surface area contributed by atoms with Crippen molar-refractivity contribution >= 4 is 0 Å². The van der Waals surface area contributed by atoms with Crippen molar-refractivity contribution < 1.29 is 50.8 Å². The highest BCUT2D eigenvalue weighted by Crippen LogP contribution is 2.65. The van der Waals surface area contributed by atoms with E-state index in [0.29, 0.717) is 18.9 Å². The number of nitriles is 1. The lowest BCUT2D eigenvalue weighted by Crippen LogP contribution is -2.25. The molecular formula is C26H20F6N2O5. The minimum absolute atomic E-state index is 0.00939. The second kappa shape index (κ2) is 8.74. The number of aromatic nitrogens is 1. The number of aromatic hydroxyl groups is 2. The zero-order valence-electron chi connectivity index (χ0n) is 20.2. The number of ether oxygens (including phenoxy) is 3. The number of fused-ring (bicyclic) bond motifs is 5. The molecule has 1 aromatic heterocycles. The van der Waals surface area contributed by atoms with Crippen LogP contribution in [0, 0.1) is 11.3 Å². The molecule has 3 heterocycles. The molecule has 39 heavy (non-hydrogen) atoms. The fourth-order valence-electron chi connectivity index (χ4n) is 5.43. The van der Waals surface area contributed by atoms with Crippen molar-refractivity contribution in [2.45, 2.75) is 49.9 Å². The van der Waals surface area contributed by atoms with E-state index in [2.05, 4.69) is 4.74 Å². The van der Waals surface area contributed by atoms with Crippen LogP contribution in [0.2, 0.25) is 0 Å². The molecule has 3 aromatic rings. The van der Waals surface area contributed by atoms with Gasteiger partial charge in [-0.1, -0.05) is 0 Å². The Labute approximate surface area is 217 Å². The predicted molar refractivity (Wildman–Crippen MR) is 121 cm³/mol. The number of hydrogen-bond donors (Lipinski definition) is 2. The van der Waals surface area contributed by atoms with Crippen molar-refractivity contribution in [2.75, 3.05) is 6.61 Å². The molecule has 2 bridgehead atoms. The molecule has 2 atom stereocenters. The van der Waals surface area contributed by atoms with Gasteiger partial charge in [0.1, 0.15) is 17.1 Å². The fraction of sp³-hybridized carbons (Fsp3) is 0.346. The van der Waals surface area contributed by atoms with Gasteiger partial charge in [0, 0.05) is 6.42 Å². The van der Waals surface area contributed by atoms with Crippen LogP contribution in [-0.2, 0) is 22.1 Å². The molecule has 0 amide bonds. The minimum atomic E-state index is -4.84. The zero-order chi connectivity index (χ0) is 28.4. The Morgan fingerprint density at radius 3 is 2.23 bits per heavy atom. The summed E-state index contributed by atoms with van der Waals surface area (Å²) >= 11 is 0. The van der Waals surface area contributed by atoms with Gasteiger partial charge in [-0.2, -0.15) is 18.4 Å². The lowest BCUT2D eigenvalue weighted by Gasteiger charge is -2.26. The largest absolute Gasteiger partial charge is 0.573 e. The third-order valence-electron chi connectivity index (χ3n) is 7.05. The number of nitrogens with zero attached hydrogens (tertiary/aromatic N) is 2. The van der Waals surface area contributed by atoms with Gasteiger partial charge in [0.2, 0.25) is 11.8 Å². The Hall–Kier alpha value is -4.05. The molecule has 1 saturated heterocycles. The summed E-state index contributed by atoms with van der Waals surface area (Å²) in [6, 6.07) is 9.09. The average Bonchev–Trinajstić information content (AvgIpc) is 3.42. The van der Waals surface area contributed by atoms with Gasteiger partial charge in [-0.15, -0.1) is 13.2 Å². The third kappa shape index (κ3) is 4.48. The van der Waals surface area contributed by atoms with Gasteiger partial charge in [-0.25, -0.2) is 0 Å². The quantitative estimate of drug-likeness (QED) is 0.343. The topological polar surface area (TPSA) is 96.9 Å². The second-order valence-electron chi connectivity index (χ2n) is 9.52. The SMILES string of the molecule is C[C@@]12CC[C@@](CCOc3ccc(OC(F)(F)F)cc3)(O1)c1c2c(O)n(-c2ccc(C#N)c(C(F)(F)F)c2)c1O. The lowest BCUT2D eigenvalue weighted by atomic mass is 9.78. The van der Waals surface area contributed by atoms with Crippen LogP contribution >= 0.6 is 0 Å². The van der Waals surface area contributed by atoms with E-state index in [0.717, 1.165) is 22.8 Å². The molecule has 5 rings (SSSR count). The van der Waals surface area contributed by atoms with E-state index in [1.807, 2.05) is 0 Å². The van der Waals surface area contributed by atoms with Crippen LogP contribution in [0.1, 0.15) is 48.4 Å². The first-order chi connectivity index (χ1) is 18.2. The summed E-state index contributed by atoms with van der Waals surface area (Å²) in [4.78, 5) is 0. The molecule has 0 spiro atoms. The van der Waals surface area contributed by atoms with E-state index in [4.69, 9.17) is 14.7 Å². The molecule has 2 aliphatic rings. The molecule has 0 radical (unpaired) electrons. The van der Waals surface area contributed by atoms with Crippen molar-refractivity contribution in [1.29, 1.82) is 5.26 Å². The molecule has 0 aliphatic carbocycles. The van der Waals surface area contributed by atoms with Gasteiger partial charge in [0.15, 0.2) is 0 Å². The van der Waals surface area contributed by atoms with E-state index in [1.54, 1.807) is 6.92 Å². The molecule has 1 fully saturated rings. The summed E-state index contributed by atoms with van der Waals surface area (Å²) in [6.45, 7) is 1.71. The van der Waals surface area contributed by atoms with Gasteiger partial charge in [-0.3, -0.25) is 4.57 Å². The maximum atomic E-state index is 13.5. The number of alkyl halides is 6. The number of hydrogen-bond acceptors (Lipinski definition) is 6. The number of benzene rings is 2. The highest BCUT2D eigenvalue weighted by molar-refractivity contribution is 5.62. The van der Waals surface area contributed by atoms with Crippen molar-refractivity contribution in [3.8, 4) is 35.0 Å². The van der Waals surface area contributed by atoms with Crippen LogP contribution in [0.4, 0.5) is 26.3 Å². The second-order valence-corrected chi connectivity index (χ2v) is 9.52. The first-order valence-corrected chi connectivity index (χ1v) is 11.7. The van der Waals surface area contributed by atoms with E-state index in [9.17, 15) is 36.6 Å². The Morgan fingerprint density at radius 2 is 1.62 bits per heavy atom. The van der Waals surface area contributed by atoms with Gasteiger partial charge in [-0.05, 0) is 62.2 Å². The van der Waals surface area contributed by atoms with Crippen LogP contribution in [0.5, 0.6) is 23.3 Å². The Morgan fingerprint density at radius 1 is 0.974 bits per heavy atom. The Bertz CT molecular complexity index is 1470. The van der Waals surface area contributed by atoms with Gasteiger partial charge < -0.3 is 24.4 Å². The van der Waals surface area contributed by atoms with Gasteiger partial charge in [0.25, 0.3) is 0 Å². The molecule has 0 unspecified atom stereocenters. The maximum absolute atomic E-state index is 13.5. The summed E-state index contributed by atoms with van der Waals surface area (Å²) < 4.78 is 94.4. The molecule has 13 heteroatoms. The molecule has 2 N–H and O–H groups in total. The van der Waals surface area contributed by atoms with E-state index in [-0.39, 0.29) is 35.6 Å². The molecule has 2 aromatic carbocycles. The van der Waals surface area contributed by atoms with Crippen LogP contribution in [-0.4, -0.2) is 27.7 Å². The van der Waals surface area contributed by atoms with Crippen molar-refractivity contribution in [3.63, 3.8) is 0 Å². The van der Waals surface area contributed by atoms with Crippen molar-refractivity contribution in [2.24, 2.45) is 0 Å². The van der Waals surface area contributed by atoms with Crippen LogP contribution < -0.4 is 9.47 Å². The first kappa shape index (κ1) is 26.6. The Balaban J connectivity index is 1.43. The van der Waals surface area contributed by atoms with Crippen molar-refractivity contribution in [3.05, 3.63) is 64.7 Å². The summed E-state index contributed by atoms with van der Waals surface area (Å²) in [5.41, 5.74) is -3.70. The molecule has 206 valence electrons. The number of rotatable bonds is 6. The van der Waals surface area contributed by atoms with Crippen LogP contribution in [0.3, 0.4) is 0 Å². The standard InChI is InChI=1S/C26H20F6N2O5/c1-23-8-9-24(39-23,10-11-37-16-4-6-17(7-5-16)38-26(30,31)32)20-19(23)21(35)34(22(20)36)15-3-2-14(13-33)18(12-15)25(27,28)29/h2-7,12,35-36H,8-11H2,1H3/t23-,24-/m0/s1. The summed E-state index contributed by atoms with van der Waals surface area (Å²) in [5, 5.41) is 31.3. The number of halogens is 6. The highest BCUT2D eigenvalue weighted by atomic mass is 19.4. The third-order valence-corrected chi connectivity index (χ3v) is 7.05. The van der Waals surface area contributed by atoms with Gasteiger partial charge >= 0.3 is 12.5 Å². The van der Waals surface area contributed by atoms with Crippen LogP contribution in [0.25, 0.3) is 5.69 Å². The first-order valence-electron chi connectivity index (χ1n) is 11.7. The lowest BCUT2D eigenvalue weighted by molar-refractivity contribution is -0.274. The van der Waals surface area contributed by atoms with Crippen molar-refractivity contribution in [1.82, 2.24) is 4.57 Å². The molecule has 0 saturated carbocycles. The molecule has 2 aliphatic heterocycles. The van der Waals surface area contributed by atoms with E-state index < -0.39 is 52.4 Å². The van der Waals surface area contributed by atoms with E-state index >= 15 is 0 Å². The highest BCUT2D eigenvalue weighted by Gasteiger charge is 2.61. The molecule has 7 nitrogen and oxygen atoms in total. The van der Waals surface area contributed by atoms with Crippen LogP contribution in [0.15, 0.2) is 42.5 Å². The maximum Gasteiger partial charge on any atom is 0.573 e. The normalized spacial score (nSPS) is 22.0. The zero-order valence-corrected chi connectivity index (χ0v) is 20.2. The average molecular weight is 554 g/mol. The Kier molecular flexibility index (Phi) is 5.95. The monoisotopic (exact) mass is 554 g/mol. The minimum Gasteiger partial charge on any atom is -0.494 e. The summed E-state index contributed by atoms with van der Waals surface area (Å²) in [5.74, 6) is -1.15. The summed E-state index contributed by atoms with van der Waals surface area (Å²) in [6.07, 6.45) is -8.65. The molecular weight excluding hydrogens is 534 g/mol. The summed E-state index contributed by atoms with van der Waals surface area (Å²) in [7, 11) is 0. The smallest absolute Gasteiger partial charge is 0.494 e. The predicted octanol–water partition coefficient (Wildman–Crippen LogP) is 6.38. The van der Waals surface area contributed by atoms with Gasteiger partial charge in [0.05, 0.1) is 46.2 Å². The van der Waals surface area contributed by atoms with E-state index in [1.165, 1.54) is 24.3 Å². The fourth-order valence-corrected chi connectivity index (χ4v) is 5.43.